The first-order chi connectivity index (χ1) is 16.2. The number of carbonyl (C=O) groups excluding carboxylic acids is 2. The van der Waals surface area contributed by atoms with E-state index in [-0.39, 0.29) is 77.6 Å². The fourth-order valence-corrected chi connectivity index (χ4v) is 4.54. The van der Waals surface area contributed by atoms with Gasteiger partial charge >= 0.3 is 0 Å². The molecule has 4 N–H and O–H groups in total. The van der Waals surface area contributed by atoms with Crippen LogP contribution in [-0.4, -0.2) is 32.0 Å². The first-order valence-electron chi connectivity index (χ1n) is 9.98. The minimum absolute atomic E-state index is 0.00172. The third-order valence-corrected chi connectivity index (χ3v) is 6.39. The lowest BCUT2D eigenvalue weighted by Gasteiger charge is -2.24. The van der Waals surface area contributed by atoms with E-state index < -0.39 is 11.5 Å². The van der Waals surface area contributed by atoms with Crippen LogP contribution in [0.1, 0.15) is 31.8 Å². The second-order valence-electron chi connectivity index (χ2n) is 7.76. The average molecular weight is 493 g/mol. The largest absolute Gasteiger partial charge is 0.507 e. The van der Waals surface area contributed by atoms with E-state index >= 15 is 0 Å². The molecule has 0 saturated carbocycles. The molecule has 0 aliphatic heterocycles. The van der Waals surface area contributed by atoms with Gasteiger partial charge in [0.2, 0.25) is 0 Å². The second kappa shape index (κ2) is 7.80. The molecule has 1 aliphatic carbocycles. The molecule has 0 aromatic heterocycles. The van der Waals surface area contributed by atoms with Gasteiger partial charge in [-0.3, -0.25) is 9.59 Å². The Morgan fingerprint density at radius 3 is 1.59 bits per heavy atom. The molecule has 0 atom stereocenters. The maximum atomic E-state index is 13.7. The van der Waals surface area contributed by atoms with Gasteiger partial charge in [-0.05, 0) is 23.8 Å². The molecular formula is C26H14Cl2O6. The molecule has 4 aromatic rings. The van der Waals surface area contributed by atoms with Crippen molar-refractivity contribution in [1.29, 1.82) is 0 Å². The number of hydrogen-bond acceptors (Lipinski definition) is 6. The second-order valence-corrected chi connectivity index (χ2v) is 8.57. The van der Waals surface area contributed by atoms with E-state index in [2.05, 4.69) is 0 Å². The van der Waals surface area contributed by atoms with Crippen LogP contribution in [0.5, 0.6) is 23.0 Å². The number of hydrogen-bond donors (Lipinski definition) is 4. The molecule has 5 rings (SSSR count). The van der Waals surface area contributed by atoms with Crippen molar-refractivity contribution in [3.05, 3.63) is 93.0 Å². The summed E-state index contributed by atoms with van der Waals surface area (Å²) in [6.45, 7) is 0. The zero-order valence-corrected chi connectivity index (χ0v) is 18.6. The van der Waals surface area contributed by atoms with Crippen molar-refractivity contribution in [2.75, 3.05) is 0 Å². The van der Waals surface area contributed by atoms with Crippen molar-refractivity contribution in [2.45, 2.75) is 0 Å². The third-order valence-electron chi connectivity index (χ3n) is 5.78. The van der Waals surface area contributed by atoms with Gasteiger partial charge in [-0.2, -0.15) is 0 Å². The first kappa shape index (κ1) is 21.8. The van der Waals surface area contributed by atoms with Gasteiger partial charge in [0.25, 0.3) is 0 Å². The Bertz CT molecular complexity index is 1560. The monoisotopic (exact) mass is 492 g/mol. The van der Waals surface area contributed by atoms with Crippen molar-refractivity contribution in [3.8, 4) is 45.3 Å². The van der Waals surface area contributed by atoms with Crippen LogP contribution < -0.4 is 0 Å². The molecule has 0 unspecified atom stereocenters. The van der Waals surface area contributed by atoms with Crippen molar-refractivity contribution in [2.24, 2.45) is 0 Å². The van der Waals surface area contributed by atoms with Crippen LogP contribution >= 0.6 is 23.2 Å². The number of rotatable bonds is 2. The lowest BCUT2D eigenvalue weighted by atomic mass is 9.77. The molecule has 0 fully saturated rings. The predicted molar refractivity (Wildman–Crippen MR) is 127 cm³/mol. The van der Waals surface area contributed by atoms with Crippen LogP contribution in [0, 0.1) is 0 Å². The van der Waals surface area contributed by atoms with E-state index in [4.69, 9.17) is 23.2 Å². The van der Waals surface area contributed by atoms with Crippen molar-refractivity contribution >= 4 is 34.8 Å². The number of benzene rings is 4. The average Bonchev–Trinajstić information content (AvgIpc) is 2.81. The highest BCUT2D eigenvalue weighted by Gasteiger charge is 2.34. The zero-order valence-electron chi connectivity index (χ0n) is 17.1. The summed E-state index contributed by atoms with van der Waals surface area (Å²) in [6.07, 6.45) is 0. The molecular weight excluding hydrogens is 479 g/mol. The summed E-state index contributed by atoms with van der Waals surface area (Å²) in [6, 6.07) is 14.0. The topological polar surface area (TPSA) is 115 Å². The number of ketones is 2. The Morgan fingerprint density at radius 1 is 0.471 bits per heavy atom. The van der Waals surface area contributed by atoms with Crippen molar-refractivity contribution in [1.82, 2.24) is 0 Å². The smallest absolute Gasteiger partial charge is 0.195 e. The Hall–Kier alpha value is -4.00. The maximum Gasteiger partial charge on any atom is 0.195 e. The third kappa shape index (κ3) is 3.19. The summed E-state index contributed by atoms with van der Waals surface area (Å²) >= 11 is 12.2. The Kier molecular flexibility index (Phi) is 5.01. The summed E-state index contributed by atoms with van der Waals surface area (Å²) in [5.41, 5.74) is 1.11. The molecule has 0 bridgehead atoms. The zero-order chi connectivity index (χ0) is 24.3. The number of phenolic OH excluding ortho intramolecular Hbond substituents is 4. The molecule has 0 radical (unpaired) electrons. The quantitative estimate of drug-likeness (QED) is 0.243. The normalized spacial score (nSPS) is 12.4. The molecule has 168 valence electrons. The lowest BCUT2D eigenvalue weighted by Crippen LogP contribution is -2.22. The van der Waals surface area contributed by atoms with Gasteiger partial charge in [-0.25, -0.2) is 0 Å². The SMILES string of the molecule is O=C1c2ccccc2C(=O)c2c1ccc(-c1cc(Cl)c(O)cc1O)c2-c1cc(Cl)c(O)cc1O. The van der Waals surface area contributed by atoms with Gasteiger partial charge in [0.05, 0.1) is 10.0 Å². The highest BCUT2D eigenvalue weighted by atomic mass is 35.5. The summed E-state index contributed by atoms with van der Waals surface area (Å²) in [4.78, 5) is 26.9. The van der Waals surface area contributed by atoms with Gasteiger partial charge in [-0.15, -0.1) is 0 Å². The number of aromatic hydroxyl groups is 4. The number of carbonyl (C=O) groups is 2. The molecule has 0 spiro atoms. The van der Waals surface area contributed by atoms with E-state index in [1.54, 1.807) is 18.2 Å². The molecule has 6 nitrogen and oxygen atoms in total. The minimum Gasteiger partial charge on any atom is -0.507 e. The molecule has 0 amide bonds. The molecule has 0 saturated heterocycles. The van der Waals surface area contributed by atoms with Crippen LogP contribution in [0.4, 0.5) is 0 Å². The van der Waals surface area contributed by atoms with Crippen LogP contribution in [0.2, 0.25) is 10.0 Å². The molecule has 8 heteroatoms. The molecule has 1 aliphatic rings. The standard InChI is InChI=1S/C26H14Cl2O6/c27-17-7-15(19(29)9-21(17)31)11-5-6-14-24(23(11)16-8-18(28)22(32)10-20(16)30)26(34)13-4-2-1-3-12(13)25(14)33/h1-10,29-32H. The molecule has 0 heterocycles. The summed E-state index contributed by atoms with van der Waals surface area (Å²) in [5.74, 6) is -2.32. The van der Waals surface area contributed by atoms with Crippen molar-refractivity contribution < 1.29 is 30.0 Å². The number of fused-ring (bicyclic) bond motifs is 2. The fraction of sp³-hybridized carbons (Fsp3) is 0. The van der Waals surface area contributed by atoms with E-state index in [1.807, 2.05) is 0 Å². The summed E-state index contributed by atoms with van der Waals surface area (Å²) in [5, 5.41) is 41.0. The van der Waals surface area contributed by atoms with Crippen LogP contribution in [0.25, 0.3) is 22.3 Å². The summed E-state index contributed by atoms with van der Waals surface area (Å²) in [7, 11) is 0. The molecule has 34 heavy (non-hydrogen) atoms. The van der Waals surface area contributed by atoms with Crippen LogP contribution in [0.3, 0.4) is 0 Å². The van der Waals surface area contributed by atoms with Gasteiger partial charge in [0.15, 0.2) is 11.6 Å². The highest BCUT2D eigenvalue weighted by Crippen LogP contribution is 2.48. The fourth-order valence-electron chi connectivity index (χ4n) is 4.21. The maximum absolute atomic E-state index is 13.7. The summed E-state index contributed by atoms with van der Waals surface area (Å²) < 4.78 is 0. The van der Waals surface area contributed by atoms with Gasteiger partial charge in [-0.1, -0.05) is 53.5 Å². The highest BCUT2D eigenvalue weighted by molar-refractivity contribution is 6.34. The van der Waals surface area contributed by atoms with Crippen LogP contribution in [-0.2, 0) is 0 Å². The minimum atomic E-state index is -0.463. The van der Waals surface area contributed by atoms with Gasteiger partial charge in [0, 0.05) is 51.1 Å². The van der Waals surface area contributed by atoms with Crippen LogP contribution in [0.15, 0.2) is 60.7 Å². The number of phenols is 4. The van der Waals surface area contributed by atoms with E-state index in [0.717, 1.165) is 12.1 Å². The molecule has 4 aromatic carbocycles. The van der Waals surface area contributed by atoms with Crippen molar-refractivity contribution in [3.63, 3.8) is 0 Å². The Balaban J connectivity index is 1.93. The van der Waals surface area contributed by atoms with E-state index in [0.29, 0.717) is 0 Å². The predicted octanol–water partition coefficient (Wildman–Crippen LogP) is 5.93. The van der Waals surface area contributed by atoms with E-state index in [1.165, 1.54) is 30.3 Å². The van der Waals surface area contributed by atoms with Gasteiger partial charge in [0.1, 0.15) is 23.0 Å². The lowest BCUT2D eigenvalue weighted by molar-refractivity contribution is 0.0979. The first-order valence-corrected chi connectivity index (χ1v) is 10.7. The Labute approximate surface area is 202 Å². The Morgan fingerprint density at radius 2 is 0.971 bits per heavy atom. The van der Waals surface area contributed by atoms with E-state index in [9.17, 15) is 30.0 Å². The van der Waals surface area contributed by atoms with Gasteiger partial charge < -0.3 is 20.4 Å². The number of halogens is 2.